The van der Waals surface area contributed by atoms with Gasteiger partial charge in [-0.15, -0.1) is 0 Å². The molecule has 0 saturated heterocycles. The number of rotatable bonds is 8. The quantitative estimate of drug-likeness (QED) is 0.798. The summed E-state index contributed by atoms with van der Waals surface area (Å²) in [5, 5.41) is 3.19. The molecule has 0 spiro atoms. The Balaban J connectivity index is 3.23. The molecule has 0 unspecified atom stereocenters. The molecule has 1 aromatic heterocycles. The van der Waals surface area contributed by atoms with Gasteiger partial charge in [0.25, 0.3) is 0 Å². The number of anilines is 2. The molecule has 5 nitrogen and oxygen atoms in total. The SMILES string of the molecule is CNc1nc(C(C)C)nc(N(CCOC)CC(C)C)c1C. The highest BCUT2D eigenvalue weighted by molar-refractivity contribution is 5.58. The third-order valence-electron chi connectivity index (χ3n) is 3.34. The fourth-order valence-corrected chi connectivity index (χ4v) is 2.26. The van der Waals surface area contributed by atoms with Gasteiger partial charge in [0, 0.05) is 38.7 Å². The summed E-state index contributed by atoms with van der Waals surface area (Å²) in [7, 11) is 3.64. The molecule has 0 saturated carbocycles. The van der Waals surface area contributed by atoms with Crippen LogP contribution in [0.5, 0.6) is 0 Å². The molecule has 0 radical (unpaired) electrons. The molecule has 0 fully saturated rings. The third-order valence-corrected chi connectivity index (χ3v) is 3.34. The van der Waals surface area contributed by atoms with Crippen LogP contribution in [0.3, 0.4) is 0 Å². The summed E-state index contributed by atoms with van der Waals surface area (Å²) in [5.41, 5.74) is 1.10. The third kappa shape index (κ3) is 4.84. The van der Waals surface area contributed by atoms with E-state index in [0.29, 0.717) is 18.4 Å². The standard InChI is InChI=1S/C16H30N4O/c1-11(2)10-20(8-9-21-7)16-13(5)15(17-6)18-14(19-16)12(3)4/h11-12H,8-10H2,1-7H3,(H,17,18,19). The maximum absolute atomic E-state index is 5.25. The van der Waals surface area contributed by atoms with Gasteiger partial charge in [-0.1, -0.05) is 27.7 Å². The van der Waals surface area contributed by atoms with E-state index in [9.17, 15) is 0 Å². The van der Waals surface area contributed by atoms with Crippen molar-refractivity contribution in [1.29, 1.82) is 0 Å². The predicted octanol–water partition coefficient (Wildman–Crippen LogP) is 3.06. The lowest BCUT2D eigenvalue weighted by molar-refractivity contribution is 0.204. The van der Waals surface area contributed by atoms with Gasteiger partial charge in [-0.25, -0.2) is 9.97 Å². The Morgan fingerprint density at radius 3 is 2.33 bits per heavy atom. The normalized spacial score (nSPS) is 11.3. The molecule has 0 bridgehead atoms. The lowest BCUT2D eigenvalue weighted by Crippen LogP contribution is -2.33. The minimum Gasteiger partial charge on any atom is -0.383 e. The maximum Gasteiger partial charge on any atom is 0.137 e. The highest BCUT2D eigenvalue weighted by atomic mass is 16.5. The van der Waals surface area contributed by atoms with Crippen LogP contribution in [0.4, 0.5) is 11.6 Å². The number of aromatic nitrogens is 2. The molecule has 21 heavy (non-hydrogen) atoms. The van der Waals surface area contributed by atoms with Crippen LogP contribution in [0.1, 0.15) is 45.0 Å². The number of hydrogen-bond acceptors (Lipinski definition) is 5. The minimum absolute atomic E-state index is 0.305. The van der Waals surface area contributed by atoms with Crippen LogP contribution < -0.4 is 10.2 Å². The van der Waals surface area contributed by atoms with Gasteiger partial charge in [-0.05, 0) is 12.8 Å². The van der Waals surface area contributed by atoms with Gasteiger partial charge in [0.1, 0.15) is 17.5 Å². The van der Waals surface area contributed by atoms with Crippen molar-refractivity contribution in [3.05, 3.63) is 11.4 Å². The van der Waals surface area contributed by atoms with Crippen LogP contribution >= 0.6 is 0 Å². The summed E-state index contributed by atoms with van der Waals surface area (Å²) in [6, 6.07) is 0. The second-order valence-electron chi connectivity index (χ2n) is 6.12. The van der Waals surface area contributed by atoms with Crippen molar-refractivity contribution in [2.45, 2.75) is 40.5 Å². The van der Waals surface area contributed by atoms with E-state index in [1.807, 2.05) is 7.05 Å². The fraction of sp³-hybridized carbons (Fsp3) is 0.750. The van der Waals surface area contributed by atoms with Crippen molar-refractivity contribution in [2.75, 3.05) is 44.1 Å². The number of nitrogens with one attached hydrogen (secondary N) is 1. The Labute approximate surface area is 129 Å². The topological polar surface area (TPSA) is 50.3 Å². The Kier molecular flexibility index (Phi) is 6.89. The smallest absolute Gasteiger partial charge is 0.137 e. The molecular formula is C16H30N4O. The van der Waals surface area contributed by atoms with Crippen LogP contribution in [0, 0.1) is 12.8 Å². The molecule has 0 aliphatic carbocycles. The predicted molar refractivity (Wildman–Crippen MR) is 89.3 cm³/mol. The van der Waals surface area contributed by atoms with E-state index in [4.69, 9.17) is 9.72 Å². The van der Waals surface area contributed by atoms with Crippen LogP contribution in [0.15, 0.2) is 0 Å². The van der Waals surface area contributed by atoms with E-state index in [1.54, 1.807) is 7.11 Å². The largest absolute Gasteiger partial charge is 0.383 e. The lowest BCUT2D eigenvalue weighted by Gasteiger charge is -2.28. The average molecular weight is 294 g/mol. The monoisotopic (exact) mass is 294 g/mol. The number of ether oxygens (including phenoxy) is 1. The maximum atomic E-state index is 5.25. The minimum atomic E-state index is 0.305. The van der Waals surface area contributed by atoms with Gasteiger partial charge in [0.2, 0.25) is 0 Å². The van der Waals surface area contributed by atoms with E-state index >= 15 is 0 Å². The van der Waals surface area contributed by atoms with E-state index in [2.05, 4.69) is 49.8 Å². The Morgan fingerprint density at radius 2 is 1.86 bits per heavy atom. The van der Waals surface area contributed by atoms with Gasteiger partial charge in [0.05, 0.1) is 6.61 Å². The molecule has 1 heterocycles. The van der Waals surface area contributed by atoms with Crippen molar-refractivity contribution in [2.24, 2.45) is 5.92 Å². The first kappa shape index (κ1) is 17.7. The van der Waals surface area contributed by atoms with Gasteiger partial charge in [-0.2, -0.15) is 0 Å². The fourth-order valence-electron chi connectivity index (χ4n) is 2.26. The molecule has 0 atom stereocenters. The summed E-state index contributed by atoms with van der Waals surface area (Å²) >= 11 is 0. The highest BCUT2D eigenvalue weighted by Gasteiger charge is 2.18. The zero-order valence-corrected chi connectivity index (χ0v) is 14.5. The van der Waals surface area contributed by atoms with E-state index < -0.39 is 0 Å². The van der Waals surface area contributed by atoms with Crippen LogP contribution in [-0.4, -0.2) is 43.8 Å². The van der Waals surface area contributed by atoms with E-state index in [0.717, 1.165) is 36.1 Å². The molecule has 0 amide bonds. The van der Waals surface area contributed by atoms with Crippen LogP contribution in [-0.2, 0) is 4.74 Å². The summed E-state index contributed by atoms with van der Waals surface area (Å²) < 4.78 is 5.25. The number of nitrogens with zero attached hydrogens (tertiary/aromatic N) is 3. The number of methoxy groups -OCH3 is 1. The molecule has 120 valence electrons. The Hall–Kier alpha value is -1.36. The number of hydrogen-bond donors (Lipinski definition) is 1. The summed E-state index contributed by atoms with van der Waals surface area (Å²) in [4.78, 5) is 11.7. The first-order valence-electron chi connectivity index (χ1n) is 7.70. The van der Waals surface area contributed by atoms with Gasteiger partial charge in [-0.3, -0.25) is 0 Å². The van der Waals surface area contributed by atoms with Crippen molar-refractivity contribution < 1.29 is 4.74 Å². The molecule has 0 aliphatic rings. The Bertz CT molecular complexity index is 446. The average Bonchev–Trinajstić information content (AvgIpc) is 2.43. The molecule has 5 heteroatoms. The van der Waals surface area contributed by atoms with E-state index in [-0.39, 0.29) is 0 Å². The van der Waals surface area contributed by atoms with Crippen LogP contribution in [0.25, 0.3) is 0 Å². The second-order valence-corrected chi connectivity index (χ2v) is 6.12. The molecule has 1 aromatic rings. The van der Waals surface area contributed by atoms with Crippen LogP contribution in [0.2, 0.25) is 0 Å². The summed E-state index contributed by atoms with van der Waals surface area (Å²) in [6.45, 7) is 13.3. The van der Waals surface area contributed by atoms with Crippen molar-refractivity contribution in [1.82, 2.24) is 9.97 Å². The molecular weight excluding hydrogens is 264 g/mol. The van der Waals surface area contributed by atoms with Gasteiger partial charge >= 0.3 is 0 Å². The highest BCUT2D eigenvalue weighted by Crippen LogP contribution is 2.26. The molecule has 0 aromatic carbocycles. The summed E-state index contributed by atoms with van der Waals surface area (Å²) in [5.74, 6) is 3.68. The van der Waals surface area contributed by atoms with Crippen molar-refractivity contribution in [3.8, 4) is 0 Å². The molecule has 1 rings (SSSR count). The molecule has 0 aliphatic heterocycles. The molecule has 1 N–H and O–H groups in total. The summed E-state index contributed by atoms with van der Waals surface area (Å²) in [6.07, 6.45) is 0. The van der Waals surface area contributed by atoms with Crippen molar-refractivity contribution in [3.63, 3.8) is 0 Å². The first-order chi connectivity index (χ1) is 9.90. The van der Waals surface area contributed by atoms with E-state index in [1.165, 1.54) is 0 Å². The van der Waals surface area contributed by atoms with Gasteiger partial charge in [0.15, 0.2) is 0 Å². The second kappa shape index (κ2) is 8.17. The van der Waals surface area contributed by atoms with Gasteiger partial charge < -0.3 is 15.0 Å². The lowest BCUT2D eigenvalue weighted by atomic mass is 10.1. The first-order valence-corrected chi connectivity index (χ1v) is 7.70. The van der Waals surface area contributed by atoms with Crippen molar-refractivity contribution >= 4 is 11.6 Å². The zero-order chi connectivity index (χ0) is 16.0. The zero-order valence-electron chi connectivity index (χ0n) is 14.5. The Morgan fingerprint density at radius 1 is 1.19 bits per heavy atom.